The SMILES string of the molecule is C=C1CC[C@@H]2C(C)(C)CC(=O)C[C@]2(C)[C@@H]1CC(=O)c1ccoc1. The number of hydrogen-bond acceptors (Lipinski definition) is 3. The van der Waals surface area contributed by atoms with E-state index in [1.807, 2.05) is 0 Å². The molecule has 124 valence electrons. The summed E-state index contributed by atoms with van der Waals surface area (Å²) in [5.74, 6) is 0.944. The van der Waals surface area contributed by atoms with E-state index in [-0.39, 0.29) is 22.5 Å². The lowest BCUT2D eigenvalue weighted by molar-refractivity contribution is -0.138. The van der Waals surface area contributed by atoms with Gasteiger partial charge in [-0.2, -0.15) is 0 Å². The molecule has 2 aliphatic rings. The molecule has 1 heterocycles. The molecule has 0 bridgehead atoms. The van der Waals surface area contributed by atoms with Gasteiger partial charge in [0.2, 0.25) is 0 Å². The molecule has 3 atom stereocenters. The van der Waals surface area contributed by atoms with Gasteiger partial charge in [-0.1, -0.05) is 32.9 Å². The Morgan fingerprint density at radius 2 is 2.09 bits per heavy atom. The third kappa shape index (κ3) is 2.71. The van der Waals surface area contributed by atoms with Gasteiger partial charge in [0.05, 0.1) is 11.8 Å². The number of carbonyl (C=O) groups excluding carboxylic acids is 2. The van der Waals surface area contributed by atoms with Crippen LogP contribution < -0.4 is 0 Å². The summed E-state index contributed by atoms with van der Waals surface area (Å²) in [5, 5.41) is 0. The summed E-state index contributed by atoms with van der Waals surface area (Å²) in [6, 6.07) is 1.71. The Morgan fingerprint density at radius 1 is 1.35 bits per heavy atom. The Kier molecular flexibility index (Phi) is 3.86. The summed E-state index contributed by atoms with van der Waals surface area (Å²) >= 11 is 0. The van der Waals surface area contributed by atoms with Crippen LogP contribution in [0.1, 0.15) is 63.2 Å². The number of furan rings is 1. The Morgan fingerprint density at radius 3 is 2.74 bits per heavy atom. The fourth-order valence-corrected chi connectivity index (χ4v) is 5.30. The van der Waals surface area contributed by atoms with Crippen LogP contribution in [-0.2, 0) is 4.79 Å². The molecule has 23 heavy (non-hydrogen) atoms. The van der Waals surface area contributed by atoms with Gasteiger partial charge in [-0.3, -0.25) is 9.59 Å². The second-order valence-electron chi connectivity index (χ2n) is 8.33. The highest BCUT2D eigenvalue weighted by molar-refractivity contribution is 5.96. The van der Waals surface area contributed by atoms with E-state index in [0.29, 0.717) is 36.5 Å². The van der Waals surface area contributed by atoms with E-state index < -0.39 is 0 Å². The van der Waals surface area contributed by atoms with Crippen LogP contribution in [0.5, 0.6) is 0 Å². The molecule has 0 aliphatic heterocycles. The monoisotopic (exact) mass is 314 g/mol. The van der Waals surface area contributed by atoms with Crippen molar-refractivity contribution in [3.63, 3.8) is 0 Å². The van der Waals surface area contributed by atoms with E-state index in [4.69, 9.17) is 4.42 Å². The van der Waals surface area contributed by atoms with E-state index in [9.17, 15) is 9.59 Å². The van der Waals surface area contributed by atoms with Gasteiger partial charge in [0.25, 0.3) is 0 Å². The van der Waals surface area contributed by atoms with E-state index in [0.717, 1.165) is 18.4 Å². The first-order chi connectivity index (χ1) is 10.7. The summed E-state index contributed by atoms with van der Waals surface area (Å²) in [7, 11) is 0. The molecule has 2 saturated carbocycles. The maximum Gasteiger partial charge on any atom is 0.166 e. The molecule has 0 aromatic carbocycles. The van der Waals surface area contributed by atoms with Gasteiger partial charge in [0.1, 0.15) is 12.0 Å². The van der Waals surface area contributed by atoms with Gasteiger partial charge >= 0.3 is 0 Å². The molecule has 0 saturated heterocycles. The molecule has 1 aromatic heterocycles. The predicted octanol–water partition coefficient (Wildman–Crippen LogP) is 4.83. The summed E-state index contributed by atoms with van der Waals surface area (Å²) in [4.78, 5) is 25.0. The smallest absolute Gasteiger partial charge is 0.166 e. The van der Waals surface area contributed by atoms with Crippen molar-refractivity contribution in [1.29, 1.82) is 0 Å². The van der Waals surface area contributed by atoms with Crippen LogP contribution in [-0.4, -0.2) is 11.6 Å². The molecule has 2 aliphatic carbocycles. The van der Waals surface area contributed by atoms with Gasteiger partial charge < -0.3 is 4.42 Å². The highest BCUT2D eigenvalue weighted by Gasteiger charge is 2.55. The predicted molar refractivity (Wildman–Crippen MR) is 89.1 cm³/mol. The van der Waals surface area contributed by atoms with Crippen molar-refractivity contribution in [2.24, 2.45) is 22.7 Å². The maximum atomic E-state index is 12.6. The summed E-state index contributed by atoms with van der Waals surface area (Å²) < 4.78 is 5.04. The van der Waals surface area contributed by atoms with Gasteiger partial charge in [-0.05, 0) is 41.6 Å². The van der Waals surface area contributed by atoms with Crippen molar-refractivity contribution >= 4 is 11.6 Å². The van der Waals surface area contributed by atoms with Crippen LogP contribution in [0.2, 0.25) is 0 Å². The van der Waals surface area contributed by atoms with E-state index in [1.54, 1.807) is 6.07 Å². The van der Waals surface area contributed by atoms with Crippen LogP contribution in [0.25, 0.3) is 0 Å². The van der Waals surface area contributed by atoms with Crippen molar-refractivity contribution in [2.75, 3.05) is 0 Å². The molecule has 0 radical (unpaired) electrons. The lowest BCUT2D eigenvalue weighted by Gasteiger charge is -2.57. The first kappa shape index (κ1) is 16.2. The van der Waals surface area contributed by atoms with E-state index in [2.05, 4.69) is 27.4 Å². The first-order valence-electron chi connectivity index (χ1n) is 8.49. The highest BCUT2D eigenvalue weighted by atomic mass is 16.3. The molecule has 0 spiro atoms. The number of ketones is 2. The lowest BCUT2D eigenvalue weighted by Crippen LogP contribution is -2.52. The lowest BCUT2D eigenvalue weighted by atomic mass is 9.47. The molecule has 3 rings (SSSR count). The number of allylic oxidation sites excluding steroid dienone is 1. The number of carbonyl (C=O) groups is 2. The summed E-state index contributed by atoms with van der Waals surface area (Å²) in [6.45, 7) is 10.9. The van der Waals surface area contributed by atoms with Crippen molar-refractivity contribution in [3.05, 3.63) is 36.3 Å². The Balaban J connectivity index is 1.92. The molecule has 0 amide bonds. The fourth-order valence-electron chi connectivity index (χ4n) is 5.30. The quantitative estimate of drug-likeness (QED) is 0.593. The van der Waals surface area contributed by atoms with Gasteiger partial charge in [0, 0.05) is 19.3 Å². The molecule has 2 fully saturated rings. The van der Waals surface area contributed by atoms with Crippen LogP contribution in [0.4, 0.5) is 0 Å². The van der Waals surface area contributed by atoms with Crippen molar-refractivity contribution in [1.82, 2.24) is 0 Å². The number of rotatable bonds is 3. The number of Topliss-reactive ketones (excluding diaryl/α,β-unsaturated/α-hetero) is 2. The zero-order valence-electron chi connectivity index (χ0n) is 14.4. The molecule has 3 nitrogen and oxygen atoms in total. The van der Waals surface area contributed by atoms with E-state index in [1.165, 1.54) is 12.5 Å². The molecule has 0 N–H and O–H groups in total. The minimum atomic E-state index is -0.159. The minimum Gasteiger partial charge on any atom is -0.472 e. The minimum absolute atomic E-state index is 0.00171. The fraction of sp³-hybridized carbons (Fsp3) is 0.600. The normalized spacial score (nSPS) is 33.3. The topological polar surface area (TPSA) is 47.3 Å². The van der Waals surface area contributed by atoms with Gasteiger partial charge in [0.15, 0.2) is 5.78 Å². The summed E-state index contributed by atoms with van der Waals surface area (Å²) in [5.41, 5.74) is 1.59. The zero-order valence-corrected chi connectivity index (χ0v) is 14.4. The number of fused-ring (bicyclic) bond motifs is 1. The van der Waals surface area contributed by atoms with Crippen molar-refractivity contribution in [3.8, 4) is 0 Å². The molecular weight excluding hydrogens is 288 g/mol. The third-order valence-corrected chi connectivity index (χ3v) is 6.25. The van der Waals surface area contributed by atoms with Crippen molar-refractivity contribution < 1.29 is 14.0 Å². The average molecular weight is 314 g/mol. The second kappa shape index (κ2) is 5.47. The Bertz CT molecular complexity index is 638. The largest absolute Gasteiger partial charge is 0.472 e. The van der Waals surface area contributed by atoms with Crippen LogP contribution >= 0.6 is 0 Å². The van der Waals surface area contributed by atoms with Crippen LogP contribution in [0, 0.1) is 22.7 Å². The van der Waals surface area contributed by atoms with Gasteiger partial charge in [-0.25, -0.2) is 0 Å². The highest BCUT2D eigenvalue weighted by Crippen LogP contribution is 2.60. The molecular formula is C20H26O3. The average Bonchev–Trinajstić information content (AvgIpc) is 2.94. The van der Waals surface area contributed by atoms with E-state index >= 15 is 0 Å². The van der Waals surface area contributed by atoms with Crippen molar-refractivity contribution in [2.45, 2.75) is 52.9 Å². The molecule has 0 unspecified atom stereocenters. The summed E-state index contributed by atoms with van der Waals surface area (Å²) in [6.07, 6.45) is 6.72. The van der Waals surface area contributed by atoms with Crippen LogP contribution in [0.15, 0.2) is 35.2 Å². The third-order valence-electron chi connectivity index (χ3n) is 6.25. The first-order valence-corrected chi connectivity index (χ1v) is 8.49. The standard InChI is InChI=1S/C20H26O3/c1-13-5-6-18-19(2,3)10-15(21)11-20(18,4)16(13)9-17(22)14-7-8-23-12-14/h7-8,12,16,18H,1,5-6,9-11H2,2-4H3/t16-,18-,20-/m1/s1. The van der Waals surface area contributed by atoms with Gasteiger partial charge in [-0.15, -0.1) is 0 Å². The second-order valence-corrected chi connectivity index (χ2v) is 8.33. The maximum absolute atomic E-state index is 12.6. The zero-order chi connectivity index (χ0) is 16.8. The molecule has 1 aromatic rings. The number of hydrogen-bond donors (Lipinski definition) is 0. The van der Waals surface area contributed by atoms with Crippen LogP contribution in [0.3, 0.4) is 0 Å². The Hall–Kier alpha value is -1.64. The molecule has 3 heteroatoms. The Labute approximate surface area is 138 Å².